The highest BCUT2D eigenvalue weighted by Crippen LogP contribution is 2.26. The number of hydrogen-bond acceptors (Lipinski definition) is 2. The lowest BCUT2D eigenvalue weighted by Crippen LogP contribution is -2.25. The van der Waals surface area contributed by atoms with Gasteiger partial charge < -0.3 is 5.32 Å². The topological polar surface area (TPSA) is 29.9 Å². The van der Waals surface area contributed by atoms with E-state index in [0.717, 1.165) is 32.4 Å². The van der Waals surface area contributed by atoms with Crippen molar-refractivity contribution >= 4 is 0 Å². The minimum atomic E-state index is 0.194. The maximum Gasteiger partial charge on any atom is 0.0676 e. The number of aryl methyl sites for hydroxylation is 1. The maximum absolute atomic E-state index is 4.92. The van der Waals surface area contributed by atoms with Crippen LogP contribution in [0.25, 0.3) is 5.69 Å². The van der Waals surface area contributed by atoms with Gasteiger partial charge in [-0.05, 0) is 29.5 Å². The molecular weight excluding hydrogens is 270 g/mol. The summed E-state index contributed by atoms with van der Waals surface area (Å²) >= 11 is 0. The van der Waals surface area contributed by atoms with Crippen LogP contribution in [0.2, 0.25) is 0 Å². The van der Waals surface area contributed by atoms with Gasteiger partial charge in [-0.25, -0.2) is 4.68 Å². The molecule has 0 fully saturated rings. The smallest absolute Gasteiger partial charge is 0.0676 e. The Hall–Kier alpha value is -1.61. The Labute approximate surface area is 133 Å². The molecule has 0 unspecified atom stereocenters. The predicted molar refractivity (Wildman–Crippen MR) is 91.7 cm³/mol. The zero-order valence-corrected chi connectivity index (χ0v) is 14.2. The number of nitrogens with zero attached hydrogens (tertiary/aromatic N) is 2. The maximum atomic E-state index is 4.92. The number of hydrogen-bond donors (Lipinski definition) is 1. The lowest BCUT2D eigenvalue weighted by molar-refractivity contribution is 0.589. The fourth-order valence-corrected chi connectivity index (χ4v) is 3.17. The van der Waals surface area contributed by atoms with Crippen LogP contribution in [0.1, 0.15) is 56.6 Å². The van der Waals surface area contributed by atoms with E-state index in [2.05, 4.69) is 62.0 Å². The molecule has 3 heteroatoms. The molecular formula is C19H27N3. The van der Waals surface area contributed by atoms with Crippen molar-refractivity contribution in [1.29, 1.82) is 0 Å². The molecule has 22 heavy (non-hydrogen) atoms. The van der Waals surface area contributed by atoms with E-state index in [9.17, 15) is 0 Å². The number of nitrogens with one attached hydrogen (secondary N) is 1. The molecule has 0 atom stereocenters. The van der Waals surface area contributed by atoms with Gasteiger partial charge in [-0.3, -0.25) is 0 Å². The Morgan fingerprint density at radius 3 is 2.55 bits per heavy atom. The number of fused-ring (bicyclic) bond motifs is 1. The van der Waals surface area contributed by atoms with Crippen molar-refractivity contribution in [3.63, 3.8) is 0 Å². The first-order chi connectivity index (χ1) is 10.5. The largest absolute Gasteiger partial charge is 0.312 e. The first kappa shape index (κ1) is 15.3. The van der Waals surface area contributed by atoms with Gasteiger partial charge in [0.2, 0.25) is 0 Å². The van der Waals surface area contributed by atoms with E-state index in [1.54, 1.807) is 0 Å². The van der Waals surface area contributed by atoms with Gasteiger partial charge in [0.15, 0.2) is 0 Å². The van der Waals surface area contributed by atoms with Crippen LogP contribution in [0.15, 0.2) is 24.3 Å². The van der Waals surface area contributed by atoms with Crippen LogP contribution >= 0.6 is 0 Å². The van der Waals surface area contributed by atoms with Crippen molar-refractivity contribution in [3.05, 3.63) is 46.8 Å². The third-order valence-electron chi connectivity index (χ3n) is 4.48. The van der Waals surface area contributed by atoms with Crippen LogP contribution in [0, 0.1) is 0 Å². The predicted octanol–water partition coefficient (Wildman–Crippen LogP) is 3.77. The molecule has 0 bridgehead atoms. The second-order valence-electron chi connectivity index (χ2n) is 7.26. The molecule has 0 aliphatic carbocycles. The molecule has 1 aromatic carbocycles. The van der Waals surface area contributed by atoms with E-state index >= 15 is 0 Å². The molecule has 0 amide bonds. The van der Waals surface area contributed by atoms with Crippen LogP contribution in [-0.4, -0.2) is 16.3 Å². The summed E-state index contributed by atoms with van der Waals surface area (Å²) in [5, 5.41) is 8.40. The minimum absolute atomic E-state index is 0.194. The van der Waals surface area contributed by atoms with E-state index in [0.29, 0.717) is 0 Å². The standard InChI is InChI=1S/C19H27N3/c1-5-6-17-16-13-20-12-11-18(16)22(21-17)15-9-7-14(8-10-15)19(2,3)4/h7-10,20H,5-6,11-13H2,1-4H3. The fourth-order valence-electron chi connectivity index (χ4n) is 3.17. The van der Waals surface area contributed by atoms with Crippen molar-refractivity contribution in [2.24, 2.45) is 0 Å². The number of benzene rings is 1. The molecule has 1 aliphatic rings. The molecule has 1 aliphatic heterocycles. The first-order valence-electron chi connectivity index (χ1n) is 8.42. The van der Waals surface area contributed by atoms with Crippen LogP contribution in [0.3, 0.4) is 0 Å². The van der Waals surface area contributed by atoms with Gasteiger partial charge in [0.05, 0.1) is 17.1 Å². The summed E-state index contributed by atoms with van der Waals surface area (Å²) in [7, 11) is 0. The molecule has 0 saturated heterocycles. The molecule has 1 N–H and O–H groups in total. The summed E-state index contributed by atoms with van der Waals surface area (Å²) in [4.78, 5) is 0. The van der Waals surface area contributed by atoms with E-state index in [1.807, 2.05) is 0 Å². The van der Waals surface area contributed by atoms with Gasteiger partial charge in [0.25, 0.3) is 0 Å². The van der Waals surface area contributed by atoms with Crippen molar-refractivity contribution < 1.29 is 0 Å². The third-order valence-corrected chi connectivity index (χ3v) is 4.48. The Balaban J connectivity index is 2.01. The molecule has 1 aromatic heterocycles. The second-order valence-corrected chi connectivity index (χ2v) is 7.26. The van der Waals surface area contributed by atoms with Gasteiger partial charge >= 0.3 is 0 Å². The van der Waals surface area contributed by atoms with Crippen molar-refractivity contribution in [1.82, 2.24) is 15.1 Å². The second kappa shape index (κ2) is 5.88. The molecule has 0 radical (unpaired) electrons. The SMILES string of the molecule is CCCc1nn(-c2ccc(C(C)(C)C)cc2)c2c1CNCC2. The van der Waals surface area contributed by atoms with E-state index < -0.39 is 0 Å². The summed E-state index contributed by atoms with van der Waals surface area (Å²) in [5.74, 6) is 0. The molecule has 0 spiro atoms. The summed E-state index contributed by atoms with van der Waals surface area (Å²) in [6.07, 6.45) is 3.27. The highest BCUT2D eigenvalue weighted by molar-refractivity contribution is 5.41. The molecule has 2 heterocycles. The quantitative estimate of drug-likeness (QED) is 0.934. The number of aromatic nitrogens is 2. The zero-order chi connectivity index (χ0) is 15.7. The van der Waals surface area contributed by atoms with Gasteiger partial charge in [0.1, 0.15) is 0 Å². The van der Waals surface area contributed by atoms with Crippen LogP contribution < -0.4 is 5.32 Å². The molecule has 0 saturated carbocycles. The minimum Gasteiger partial charge on any atom is -0.312 e. The van der Waals surface area contributed by atoms with E-state index in [-0.39, 0.29) is 5.41 Å². The summed E-state index contributed by atoms with van der Waals surface area (Å²) in [6, 6.07) is 8.91. The zero-order valence-electron chi connectivity index (χ0n) is 14.2. The molecule has 118 valence electrons. The van der Waals surface area contributed by atoms with Crippen LogP contribution in [0.4, 0.5) is 0 Å². The van der Waals surface area contributed by atoms with E-state index in [1.165, 1.54) is 28.2 Å². The summed E-state index contributed by atoms with van der Waals surface area (Å²) < 4.78 is 2.17. The van der Waals surface area contributed by atoms with E-state index in [4.69, 9.17) is 5.10 Å². The van der Waals surface area contributed by atoms with Crippen molar-refractivity contribution in [3.8, 4) is 5.69 Å². The number of rotatable bonds is 3. The summed E-state index contributed by atoms with van der Waals surface area (Å²) in [6.45, 7) is 11.0. The Bertz CT molecular complexity index is 645. The monoisotopic (exact) mass is 297 g/mol. The average Bonchev–Trinajstić information content (AvgIpc) is 2.86. The average molecular weight is 297 g/mol. The highest BCUT2D eigenvalue weighted by atomic mass is 15.3. The van der Waals surface area contributed by atoms with Gasteiger partial charge in [-0.15, -0.1) is 0 Å². The fraction of sp³-hybridized carbons (Fsp3) is 0.526. The van der Waals surface area contributed by atoms with Gasteiger partial charge in [-0.2, -0.15) is 5.10 Å². The first-order valence-corrected chi connectivity index (χ1v) is 8.42. The lowest BCUT2D eigenvalue weighted by atomic mass is 9.87. The Morgan fingerprint density at radius 2 is 1.91 bits per heavy atom. The normalized spacial score (nSPS) is 14.9. The van der Waals surface area contributed by atoms with Crippen LogP contribution in [0.5, 0.6) is 0 Å². The van der Waals surface area contributed by atoms with Crippen molar-refractivity contribution in [2.45, 2.75) is 58.9 Å². The molecule has 2 aromatic rings. The third kappa shape index (κ3) is 2.82. The Kier molecular flexibility index (Phi) is 4.09. The van der Waals surface area contributed by atoms with Gasteiger partial charge in [0, 0.05) is 25.1 Å². The highest BCUT2D eigenvalue weighted by Gasteiger charge is 2.21. The molecule has 3 rings (SSSR count). The Morgan fingerprint density at radius 1 is 1.18 bits per heavy atom. The summed E-state index contributed by atoms with van der Waals surface area (Å²) in [5.41, 5.74) is 6.84. The van der Waals surface area contributed by atoms with Crippen molar-refractivity contribution in [2.75, 3.05) is 6.54 Å². The molecule has 3 nitrogen and oxygen atoms in total. The lowest BCUT2D eigenvalue weighted by Gasteiger charge is -2.20. The van der Waals surface area contributed by atoms with Gasteiger partial charge in [-0.1, -0.05) is 46.2 Å². The van der Waals surface area contributed by atoms with Crippen LogP contribution in [-0.2, 0) is 24.8 Å².